The molecular weight excluding hydrogens is 348 g/mol. The van der Waals surface area contributed by atoms with Gasteiger partial charge in [0, 0.05) is 5.69 Å². The number of hydrogen-bond donors (Lipinski definition) is 2. The van der Waals surface area contributed by atoms with Gasteiger partial charge in [0.2, 0.25) is 0 Å². The molecule has 0 spiro atoms. The van der Waals surface area contributed by atoms with Crippen molar-refractivity contribution in [1.29, 1.82) is 5.26 Å². The molecule has 3 aromatic rings. The third-order valence-electron chi connectivity index (χ3n) is 3.60. The first-order valence-corrected chi connectivity index (χ1v) is 9.27. The molecule has 3 rings (SSSR count). The molecule has 7 heteroatoms. The number of hydrogen-bond acceptors (Lipinski definition) is 5. The third kappa shape index (κ3) is 4.18. The summed E-state index contributed by atoms with van der Waals surface area (Å²) in [7, 11) is -3.66. The predicted octanol–water partition coefficient (Wildman–Crippen LogP) is 3.81. The molecular formula is C19H16N4O2S. The van der Waals surface area contributed by atoms with E-state index in [1.165, 1.54) is 6.20 Å². The fourth-order valence-electron chi connectivity index (χ4n) is 2.30. The van der Waals surface area contributed by atoms with Gasteiger partial charge >= 0.3 is 0 Å². The summed E-state index contributed by atoms with van der Waals surface area (Å²) in [6.07, 6.45) is 1.44. The number of nitrogens with zero attached hydrogens (tertiary/aromatic N) is 2. The fourth-order valence-corrected chi connectivity index (χ4v) is 3.45. The first-order valence-electron chi connectivity index (χ1n) is 7.79. The Morgan fingerprint density at radius 2 is 1.73 bits per heavy atom. The molecule has 130 valence electrons. The first kappa shape index (κ1) is 17.5. The summed E-state index contributed by atoms with van der Waals surface area (Å²) < 4.78 is 27.3. The third-order valence-corrected chi connectivity index (χ3v) is 4.98. The van der Waals surface area contributed by atoms with Crippen LogP contribution in [0.3, 0.4) is 0 Å². The molecule has 0 unspecified atom stereocenters. The van der Waals surface area contributed by atoms with Crippen molar-refractivity contribution < 1.29 is 8.42 Å². The van der Waals surface area contributed by atoms with E-state index in [-0.39, 0.29) is 4.90 Å². The second-order valence-electron chi connectivity index (χ2n) is 5.67. The van der Waals surface area contributed by atoms with Crippen LogP contribution in [-0.2, 0) is 10.0 Å². The molecule has 0 saturated heterocycles. The lowest BCUT2D eigenvalue weighted by Gasteiger charge is -2.10. The molecule has 1 aromatic heterocycles. The Labute approximate surface area is 152 Å². The van der Waals surface area contributed by atoms with Crippen molar-refractivity contribution in [2.24, 2.45) is 0 Å². The highest BCUT2D eigenvalue weighted by atomic mass is 32.2. The molecule has 1 heterocycles. The Bertz CT molecular complexity index is 1050. The van der Waals surface area contributed by atoms with Gasteiger partial charge in [0.25, 0.3) is 10.0 Å². The van der Waals surface area contributed by atoms with Gasteiger partial charge in [0.05, 0.1) is 28.4 Å². The standard InChI is InChI=1S/C19H16N4O2S/c1-14-3-2-4-18(11-14)26(24,25)23-17-9-10-19(21-13-17)22-16-7-5-15(12-20)6-8-16/h2-11,13,23H,1H3,(H,21,22). The number of anilines is 3. The van der Waals surface area contributed by atoms with Gasteiger partial charge in [-0.3, -0.25) is 4.72 Å². The van der Waals surface area contributed by atoms with E-state index < -0.39 is 10.0 Å². The Kier molecular flexibility index (Phi) is 4.87. The molecule has 0 amide bonds. The van der Waals surface area contributed by atoms with E-state index in [1.807, 2.05) is 13.0 Å². The summed E-state index contributed by atoms with van der Waals surface area (Å²) in [5.74, 6) is 0.563. The zero-order valence-corrected chi connectivity index (χ0v) is 14.8. The van der Waals surface area contributed by atoms with Crippen LogP contribution in [0.15, 0.2) is 71.8 Å². The lowest BCUT2D eigenvalue weighted by Crippen LogP contribution is -2.13. The number of pyridine rings is 1. The van der Waals surface area contributed by atoms with Crippen molar-refractivity contribution in [1.82, 2.24) is 4.98 Å². The van der Waals surface area contributed by atoms with Crippen molar-refractivity contribution in [3.8, 4) is 6.07 Å². The van der Waals surface area contributed by atoms with Crippen molar-refractivity contribution in [2.45, 2.75) is 11.8 Å². The number of rotatable bonds is 5. The smallest absolute Gasteiger partial charge is 0.261 e. The van der Waals surface area contributed by atoms with E-state index in [0.29, 0.717) is 17.1 Å². The largest absolute Gasteiger partial charge is 0.340 e. The summed E-state index contributed by atoms with van der Waals surface area (Å²) in [6, 6.07) is 19.0. The molecule has 2 aromatic carbocycles. The van der Waals surface area contributed by atoms with Gasteiger partial charge in [-0.25, -0.2) is 13.4 Å². The molecule has 0 aliphatic heterocycles. The second kappa shape index (κ2) is 7.25. The van der Waals surface area contributed by atoms with Crippen LogP contribution < -0.4 is 10.0 Å². The van der Waals surface area contributed by atoms with Crippen molar-refractivity contribution in [3.05, 3.63) is 78.0 Å². The van der Waals surface area contributed by atoms with Gasteiger partial charge in [0.1, 0.15) is 5.82 Å². The van der Waals surface area contributed by atoms with Gasteiger partial charge in [-0.2, -0.15) is 5.26 Å². The molecule has 2 N–H and O–H groups in total. The summed E-state index contributed by atoms with van der Waals surface area (Å²) >= 11 is 0. The normalized spacial score (nSPS) is 10.8. The molecule has 0 fully saturated rings. The molecule has 0 aliphatic carbocycles. The number of aryl methyl sites for hydroxylation is 1. The van der Waals surface area contributed by atoms with Crippen LogP contribution in [0.4, 0.5) is 17.2 Å². The van der Waals surface area contributed by atoms with Gasteiger partial charge < -0.3 is 5.32 Å². The van der Waals surface area contributed by atoms with Gasteiger partial charge in [0.15, 0.2) is 0 Å². The van der Waals surface area contributed by atoms with E-state index in [1.54, 1.807) is 54.6 Å². The lowest BCUT2D eigenvalue weighted by molar-refractivity contribution is 0.601. The summed E-state index contributed by atoms with van der Waals surface area (Å²) in [4.78, 5) is 4.41. The topological polar surface area (TPSA) is 94.9 Å². The van der Waals surface area contributed by atoms with Gasteiger partial charge in [-0.15, -0.1) is 0 Å². The van der Waals surface area contributed by atoms with E-state index in [0.717, 1.165) is 11.3 Å². The highest BCUT2D eigenvalue weighted by Gasteiger charge is 2.14. The number of aromatic nitrogens is 1. The van der Waals surface area contributed by atoms with Crippen LogP contribution in [0, 0.1) is 18.3 Å². The van der Waals surface area contributed by atoms with Crippen LogP contribution in [0.25, 0.3) is 0 Å². The summed E-state index contributed by atoms with van der Waals surface area (Å²) in [6.45, 7) is 1.84. The molecule has 0 saturated carbocycles. The minimum absolute atomic E-state index is 0.206. The zero-order valence-electron chi connectivity index (χ0n) is 14.0. The lowest BCUT2D eigenvalue weighted by atomic mass is 10.2. The van der Waals surface area contributed by atoms with Crippen LogP contribution in [0.2, 0.25) is 0 Å². The second-order valence-corrected chi connectivity index (χ2v) is 7.35. The highest BCUT2D eigenvalue weighted by Crippen LogP contribution is 2.19. The van der Waals surface area contributed by atoms with Crippen LogP contribution >= 0.6 is 0 Å². The Morgan fingerprint density at radius 3 is 2.35 bits per heavy atom. The first-order chi connectivity index (χ1) is 12.5. The molecule has 26 heavy (non-hydrogen) atoms. The van der Waals surface area contributed by atoms with Crippen LogP contribution in [0.5, 0.6) is 0 Å². The van der Waals surface area contributed by atoms with E-state index in [4.69, 9.17) is 5.26 Å². The average molecular weight is 364 g/mol. The monoisotopic (exact) mass is 364 g/mol. The van der Waals surface area contributed by atoms with Crippen LogP contribution in [-0.4, -0.2) is 13.4 Å². The zero-order chi connectivity index (χ0) is 18.6. The van der Waals surface area contributed by atoms with E-state index in [2.05, 4.69) is 21.1 Å². The number of benzene rings is 2. The molecule has 0 aliphatic rings. The van der Waals surface area contributed by atoms with E-state index >= 15 is 0 Å². The number of nitrogens with one attached hydrogen (secondary N) is 2. The van der Waals surface area contributed by atoms with Gasteiger partial charge in [-0.1, -0.05) is 12.1 Å². The Hall–Kier alpha value is -3.37. The minimum Gasteiger partial charge on any atom is -0.340 e. The SMILES string of the molecule is Cc1cccc(S(=O)(=O)Nc2ccc(Nc3ccc(C#N)cc3)nc2)c1. The number of sulfonamides is 1. The Morgan fingerprint density at radius 1 is 1.00 bits per heavy atom. The molecule has 0 atom stereocenters. The average Bonchev–Trinajstić information content (AvgIpc) is 2.64. The number of nitriles is 1. The Balaban J connectivity index is 1.72. The van der Waals surface area contributed by atoms with Crippen molar-refractivity contribution >= 4 is 27.2 Å². The predicted molar refractivity (Wildman–Crippen MR) is 101 cm³/mol. The fraction of sp³-hybridized carbons (Fsp3) is 0.0526. The summed E-state index contributed by atoms with van der Waals surface area (Å²) in [5, 5.41) is 11.9. The molecule has 0 radical (unpaired) electrons. The quantitative estimate of drug-likeness (QED) is 0.718. The van der Waals surface area contributed by atoms with E-state index in [9.17, 15) is 8.42 Å². The minimum atomic E-state index is -3.66. The molecule has 0 bridgehead atoms. The van der Waals surface area contributed by atoms with Crippen molar-refractivity contribution in [3.63, 3.8) is 0 Å². The van der Waals surface area contributed by atoms with Crippen molar-refractivity contribution in [2.75, 3.05) is 10.0 Å². The molecule has 6 nitrogen and oxygen atoms in total. The highest BCUT2D eigenvalue weighted by molar-refractivity contribution is 7.92. The summed E-state index contributed by atoms with van der Waals surface area (Å²) in [5.41, 5.74) is 2.60. The van der Waals surface area contributed by atoms with Gasteiger partial charge in [-0.05, 0) is 61.0 Å². The maximum absolute atomic E-state index is 12.4. The maximum atomic E-state index is 12.4. The van der Waals surface area contributed by atoms with Crippen LogP contribution in [0.1, 0.15) is 11.1 Å². The maximum Gasteiger partial charge on any atom is 0.261 e.